The van der Waals surface area contributed by atoms with E-state index in [4.69, 9.17) is 11.6 Å². The lowest BCUT2D eigenvalue weighted by atomic mass is 10.1. The zero-order valence-corrected chi connectivity index (χ0v) is 11.9. The fraction of sp³-hybridized carbons (Fsp3) is 0.692. The largest absolute Gasteiger partial charge is 0.333 e. The summed E-state index contributed by atoms with van der Waals surface area (Å²) in [5.74, 6) is 1.05. The van der Waals surface area contributed by atoms with Gasteiger partial charge in [-0.15, -0.1) is 11.6 Å². The van der Waals surface area contributed by atoms with Gasteiger partial charge in [0.1, 0.15) is 5.69 Å². The Morgan fingerprint density at radius 3 is 2.94 bits per heavy atom. The summed E-state index contributed by atoms with van der Waals surface area (Å²) in [6.07, 6.45) is 1.03. The fourth-order valence-electron chi connectivity index (χ4n) is 2.60. The lowest BCUT2D eigenvalue weighted by Crippen LogP contribution is -2.39. The number of carbonyl (C=O) groups is 1. The molecule has 2 rings (SSSR count). The third-order valence-electron chi connectivity index (χ3n) is 3.72. The summed E-state index contributed by atoms with van der Waals surface area (Å²) in [5.41, 5.74) is 1.56. The number of aryl methyl sites for hydroxylation is 2. The summed E-state index contributed by atoms with van der Waals surface area (Å²) in [7, 11) is 0. The second kappa shape index (κ2) is 5.31. The quantitative estimate of drug-likeness (QED) is 0.790. The molecule has 4 nitrogen and oxygen atoms in total. The molecule has 1 aliphatic heterocycles. The third kappa shape index (κ3) is 2.26. The maximum atomic E-state index is 12.6. The van der Waals surface area contributed by atoms with Gasteiger partial charge in [0.05, 0.1) is 5.69 Å². The third-order valence-corrected chi connectivity index (χ3v) is 4.04. The predicted octanol–water partition coefficient (Wildman–Crippen LogP) is 2.30. The predicted molar refractivity (Wildman–Crippen MR) is 72.0 cm³/mol. The van der Waals surface area contributed by atoms with E-state index in [1.807, 2.05) is 24.8 Å². The molecule has 0 spiro atoms. The number of rotatable bonds is 3. The number of hydrogen-bond acceptors (Lipinski definition) is 2. The highest BCUT2D eigenvalue weighted by Gasteiger charge is 2.35. The topological polar surface area (TPSA) is 38.1 Å². The molecule has 1 aromatic rings. The standard InChI is InChI=1S/C13H20ClN3O/c1-4-17-11(7-10(3)15-17)13(18)16-6-5-9(2)12(16)8-14/h7,9,12H,4-6,8H2,1-3H3. The lowest BCUT2D eigenvalue weighted by molar-refractivity contribution is 0.0724. The molecule has 2 unspecified atom stereocenters. The molecule has 18 heavy (non-hydrogen) atoms. The first-order chi connectivity index (χ1) is 8.58. The maximum Gasteiger partial charge on any atom is 0.272 e. The van der Waals surface area contributed by atoms with Crippen molar-refractivity contribution >= 4 is 17.5 Å². The van der Waals surface area contributed by atoms with Gasteiger partial charge in [0.25, 0.3) is 5.91 Å². The van der Waals surface area contributed by atoms with E-state index in [-0.39, 0.29) is 11.9 Å². The molecule has 1 saturated heterocycles. The van der Waals surface area contributed by atoms with Crippen molar-refractivity contribution in [2.24, 2.45) is 5.92 Å². The summed E-state index contributed by atoms with van der Waals surface area (Å²) in [4.78, 5) is 14.5. The van der Waals surface area contributed by atoms with Gasteiger partial charge in [-0.05, 0) is 32.3 Å². The molecule has 0 N–H and O–H groups in total. The van der Waals surface area contributed by atoms with Crippen LogP contribution < -0.4 is 0 Å². The molecule has 0 radical (unpaired) electrons. The van der Waals surface area contributed by atoms with Crippen LogP contribution in [-0.4, -0.2) is 39.1 Å². The molecule has 5 heteroatoms. The molecule has 1 fully saturated rings. The highest BCUT2D eigenvalue weighted by atomic mass is 35.5. The van der Waals surface area contributed by atoms with Gasteiger partial charge < -0.3 is 4.90 Å². The zero-order valence-electron chi connectivity index (χ0n) is 11.2. The van der Waals surface area contributed by atoms with E-state index in [9.17, 15) is 4.79 Å². The van der Waals surface area contributed by atoms with Crippen molar-refractivity contribution in [3.63, 3.8) is 0 Å². The molecule has 0 aromatic carbocycles. The van der Waals surface area contributed by atoms with Crippen LogP contribution in [0.15, 0.2) is 6.07 Å². The molecule has 2 heterocycles. The zero-order chi connectivity index (χ0) is 13.3. The average Bonchev–Trinajstić information content (AvgIpc) is 2.91. The number of carbonyl (C=O) groups excluding carboxylic acids is 1. The van der Waals surface area contributed by atoms with Crippen LogP contribution in [0.3, 0.4) is 0 Å². The number of alkyl halides is 1. The van der Waals surface area contributed by atoms with Crippen molar-refractivity contribution in [3.05, 3.63) is 17.5 Å². The van der Waals surface area contributed by atoms with Gasteiger partial charge in [-0.2, -0.15) is 5.10 Å². The smallest absolute Gasteiger partial charge is 0.272 e. The number of hydrogen-bond donors (Lipinski definition) is 0. The van der Waals surface area contributed by atoms with Gasteiger partial charge in [0.15, 0.2) is 0 Å². The van der Waals surface area contributed by atoms with Gasteiger partial charge in [0, 0.05) is 25.0 Å². The molecule has 100 valence electrons. The minimum Gasteiger partial charge on any atom is -0.333 e. The molecular formula is C13H20ClN3O. The number of likely N-dealkylation sites (tertiary alicyclic amines) is 1. The van der Waals surface area contributed by atoms with Crippen molar-refractivity contribution in [1.29, 1.82) is 0 Å². The first-order valence-corrected chi connectivity index (χ1v) is 7.03. The van der Waals surface area contributed by atoms with E-state index < -0.39 is 0 Å². The lowest BCUT2D eigenvalue weighted by Gasteiger charge is -2.25. The molecular weight excluding hydrogens is 250 g/mol. The van der Waals surface area contributed by atoms with Crippen LogP contribution in [0, 0.1) is 12.8 Å². The Morgan fingerprint density at radius 2 is 2.33 bits per heavy atom. The van der Waals surface area contributed by atoms with Crippen molar-refractivity contribution < 1.29 is 4.79 Å². The summed E-state index contributed by atoms with van der Waals surface area (Å²) in [5, 5.41) is 4.33. The van der Waals surface area contributed by atoms with E-state index >= 15 is 0 Å². The van der Waals surface area contributed by atoms with Gasteiger partial charge in [-0.25, -0.2) is 0 Å². The van der Waals surface area contributed by atoms with E-state index in [1.165, 1.54) is 0 Å². The molecule has 0 aliphatic carbocycles. The van der Waals surface area contributed by atoms with Crippen LogP contribution in [0.4, 0.5) is 0 Å². The van der Waals surface area contributed by atoms with Crippen LogP contribution >= 0.6 is 11.6 Å². The summed E-state index contributed by atoms with van der Waals surface area (Å²) in [6.45, 7) is 7.57. The fourth-order valence-corrected chi connectivity index (χ4v) is 3.07. The van der Waals surface area contributed by atoms with Crippen LogP contribution in [0.2, 0.25) is 0 Å². The van der Waals surface area contributed by atoms with Crippen LogP contribution in [-0.2, 0) is 6.54 Å². The van der Waals surface area contributed by atoms with Crippen LogP contribution in [0.1, 0.15) is 36.5 Å². The first kappa shape index (κ1) is 13.4. The minimum atomic E-state index is 0.0625. The van der Waals surface area contributed by atoms with E-state index in [0.29, 0.717) is 24.0 Å². The second-order valence-electron chi connectivity index (χ2n) is 4.97. The number of nitrogens with zero attached hydrogens (tertiary/aromatic N) is 3. The van der Waals surface area contributed by atoms with Crippen LogP contribution in [0.5, 0.6) is 0 Å². The van der Waals surface area contributed by atoms with E-state index in [1.54, 1.807) is 4.68 Å². The summed E-state index contributed by atoms with van der Waals surface area (Å²) >= 11 is 5.99. The number of halogens is 1. The summed E-state index contributed by atoms with van der Waals surface area (Å²) < 4.78 is 1.77. The van der Waals surface area contributed by atoms with E-state index in [2.05, 4.69) is 12.0 Å². The molecule has 0 bridgehead atoms. The number of amides is 1. The Labute approximate surface area is 113 Å². The molecule has 2 atom stereocenters. The van der Waals surface area contributed by atoms with Gasteiger partial charge in [0.2, 0.25) is 0 Å². The van der Waals surface area contributed by atoms with Crippen LogP contribution in [0.25, 0.3) is 0 Å². The highest BCUT2D eigenvalue weighted by molar-refractivity contribution is 6.18. The van der Waals surface area contributed by atoms with Gasteiger partial charge >= 0.3 is 0 Å². The molecule has 1 aliphatic rings. The minimum absolute atomic E-state index is 0.0625. The van der Waals surface area contributed by atoms with E-state index in [0.717, 1.165) is 18.7 Å². The van der Waals surface area contributed by atoms with Crippen molar-refractivity contribution in [2.75, 3.05) is 12.4 Å². The Bertz CT molecular complexity index is 443. The average molecular weight is 270 g/mol. The van der Waals surface area contributed by atoms with Gasteiger partial charge in [-0.3, -0.25) is 9.48 Å². The summed E-state index contributed by atoms with van der Waals surface area (Å²) in [6, 6.07) is 2.01. The Morgan fingerprint density at radius 1 is 1.61 bits per heavy atom. The Kier molecular flexibility index (Phi) is 3.95. The molecule has 1 aromatic heterocycles. The first-order valence-electron chi connectivity index (χ1n) is 6.49. The second-order valence-corrected chi connectivity index (χ2v) is 5.28. The monoisotopic (exact) mass is 269 g/mol. The van der Waals surface area contributed by atoms with Gasteiger partial charge in [-0.1, -0.05) is 6.92 Å². The number of aromatic nitrogens is 2. The molecule has 1 amide bonds. The van der Waals surface area contributed by atoms with Crippen molar-refractivity contribution in [2.45, 2.75) is 39.8 Å². The maximum absolute atomic E-state index is 12.6. The normalized spacial score (nSPS) is 23.7. The van der Waals surface area contributed by atoms with Crippen molar-refractivity contribution in [1.82, 2.24) is 14.7 Å². The Hall–Kier alpha value is -1.03. The molecule has 0 saturated carbocycles. The highest BCUT2D eigenvalue weighted by Crippen LogP contribution is 2.26. The Balaban J connectivity index is 2.25. The SMILES string of the molecule is CCn1nc(C)cc1C(=O)N1CCC(C)C1CCl. The van der Waals surface area contributed by atoms with Crippen molar-refractivity contribution in [3.8, 4) is 0 Å².